The van der Waals surface area contributed by atoms with Crippen LogP contribution in [0.3, 0.4) is 0 Å². The third kappa shape index (κ3) is 3.07. The number of anilines is 1. The Bertz CT molecular complexity index is 1210. The molecule has 2 heterocycles. The fourth-order valence-electron chi connectivity index (χ4n) is 3.56. The molecule has 9 heteroatoms. The number of oxazole rings is 1. The van der Waals surface area contributed by atoms with E-state index in [1.165, 1.54) is 28.6 Å². The number of benzene rings is 2. The number of nitro groups is 1. The number of nitrogens with zero attached hydrogens (tertiary/aromatic N) is 3. The van der Waals surface area contributed by atoms with Crippen molar-refractivity contribution in [1.29, 1.82) is 0 Å². The Balaban J connectivity index is 1.45. The summed E-state index contributed by atoms with van der Waals surface area (Å²) in [5, 5.41) is 11.1. The number of non-ortho nitro benzene ring substituents is 1. The molecule has 1 aromatic heterocycles. The van der Waals surface area contributed by atoms with Gasteiger partial charge in [0.1, 0.15) is 0 Å². The summed E-state index contributed by atoms with van der Waals surface area (Å²) in [6.07, 6.45) is 4.36. The van der Waals surface area contributed by atoms with E-state index >= 15 is 0 Å². The van der Waals surface area contributed by atoms with Crippen LogP contribution in [0.5, 0.6) is 0 Å². The van der Waals surface area contributed by atoms with Crippen LogP contribution >= 0.6 is 0 Å². The molecule has 29 heavy (non-hydrogen) atoms. The van der Waals surface area contributed by atoms with Crippen LogP contribution in [0, 0.1) is 10.1 Å². The van der Waals surface area contributed by atoms with Crippen molar-refractivity contribution >= 4 is 21.4 Å². The highest BCUT2D eigenvalue weighted by Gasteiger charge is 2.32. The summed E-state index contributed by atoms with van der Waals surface area (Å²) in [4.78, 5) is 15.0. The van der Waals surface area contributed by atoms with Gasteiger partial charge in [0.25, 0.3) is 15.7 Å². The van der Waals surface area contributed by atoms with Crippen LogP contribution in [0.25, 0.3) is 11.3 Å². The number of rotatable bonds is 5. The van der Waals surface area contributed by atoms with Crippen molar-refractivity contribution in [2.45, 2.75) is 30.1 Å². The van der Waals surface area contributed by atoms with E-state index in [2.05, 4.69) is 4.98 Å². The van der Waals surface area contributed by atoms with E-state index in [1.54, 1.807) is 24.4 Å². The maximum atomic E-state index is 13.1. The molecule has 0 atom stereocenters. The monoisotopic (exact) mass is 411 g/mol. The Morgan fingerprint density at radius 3 is 2.59 bits per heavy atom. The lowest BCUT2D eigenvalue weighted by atomic mass is 10.1. The molecule has 0 radical (unpaired) electrons. The third-order valence-electron chi connectivity index (χ3n) is 5.31. The van der Waals surface area contributed by atoms with Gasteiger partial charge in [-0.15, -0.1) is 0 Å². The van der Waals surface area contributed by atoms with Gasteiger partial charge in [-0.25, -0.2) is 13.4 Å². The molecule has 2 aliphatic rings. The molecule has 1 saturated carbocycles. The molecule has 0 bridgehead atoms. The summed E-state index contributed by atoms with van der Waals surface area (Å²) in [5.74, 6) is 1.74. The van der Waals surface area contributed by atoms with Gasteiger partial charge in [-0.05, 0) is 49.1 Å². The number of fused-ring (bicyclic) bond motifs is 1. The Labute approximate surface area is 167 Å². The Kier molecular flexibility index (Phi) is 3.95. The van der Waals surface area contributed by atoms with Crippen LogP contribution in [-0.4, -0.2) is 24.9 Å². The van der Waals surface area contributed by atoms with E-state index in [0.717, 1.165) is 29.9 Å². The lowest BCUT2D eigenvalue weighted by molar-refractivity contribution is -0.384. The molecule has 0 N–H and O–H groups in total. The number of aromatic nitrogens is 1. The normalized spacial score (nSPS) is 16.1. The molecule has 1 aliphatic heterocycles. The largest absolute Gasteiger partial charge is 0.440 e. The fraction of sp³-hybridized carbons (Fsp3) is 0.250. The van der Waals surface area contributed by atoms with Gasteiger partial charge in [0.15, 0.2) is 11.7 Å². The first kappa shape index (κ1) is 17.9. The molecule has 0 amide bonds. The molecule has 0 saturated heterocycles. The smallest absolute Gasteiger partial charge is 0.271 e. The first-order valence-corrected chi connectivity index (χ1v) is 10.7. The highest BCUT2D eigenvalue weighted by atomic mass is 32.2. The van der Waals surface area contributed by atoms with Gasteiger partial charge in [0.2, 0.25) is 0 Å². The summed E-state index contributed by atoms with van der Waals surface area (Å²) < 4.78 is 33.3. The van der Waals surface area contributed by atoms with Gasteiger partial charge in [-0.3, -0.25) is 14.4 Å². The summed E-state index contributed by atoms with van der Waals surface area (Å²) in [5.41, 5.74) is 1.77. The van der Waals surface area contributed by atoms with Crippen molar-refractivity contribution in [3.8, 4) is 11.3 Å². The van der Waals surface area contributed by atoms with Crippen molar-refractivity contribution in [2.75, 3.05) is 10.8 Å². The van der Waals surface area contributed by atoms with E-state index in [9.17, 15) is 18.5 Å². The average Bonchev–Trinajstić information content (AvgIpc) is 3.28. The second-order valence-electron chi connectivity index (χ2n) is 7.26. The molecule has 0 spiro atoms. The standard InChI is InChI=1S/C20H17N3O5S/c24-23(25)16-6-3-13-9-10-22(18(13)11-16)29(26,27)17-7-4-14(5-8-17)19-12-21-20(28-19)15-1-2-15/h3-8,11-12,15H,1-2,9-10H2. The predicted octanol–water partition coefficient (Wildman–Crippen LogP) is 3.88. The minimum Gasteiger partial charge on any atom is -0.440 e. The Morgan fingerprint density at radius 1 is 1.14 bits per heavy atom. The van der Waals surface area contributed by atoms with Crippen molar-refractivity contribution < 1.29 is 17.8 Å². The minimum absolute atomic E-state index is 0.127. The second-order valence-corrected chi connectivity index (χ2v) is 9.12. The zero-order valence-electron chi connectivity index (χ0n) is 15.3. The van der Waals surface area contributed by atoms with Crippen LogP contribution in [0.4, 0.5) is 11.4 Å². The summed E-state index contributed by atoms with van der Waals surface area (Å²) in [6, 6.07) is 10.8. The molecule has 8 nitrogen and oxygen atoms in total. The number of nitro benzene ring substituents is 1. The molecular formula is C20H17N3O5S. The molecule has 1 fully saturated rings. The van der Waals surface area contributed by atoms with Crippen molar-refractivity contribution in [2.24, 2.45) is 0 Å². The zero-order valence-corrected chi connectivity index (χ0v) is 16.1. The molecule has 2 aromatic carbocycles. The fourth-order valence-corrected chi connectivity index (χ4v) is 5.06. The van der Waals surface area contributed by atoms with Gasteiger partial charge < -0.3 is 4.42 Å². The quantitative estimate of drug-likeness (QED) is 0.466. The second kappa shape index (κ2) is 6.41. The Hall–Kier alpha value is -3.20. The predicted molar refractivity (Wildman–Crippen MR) is 105 cm³/mol. The SMILES string of the molecule is O=[N+]([O-])c1ccc2c(c1)N(S(=O)(=O)c1ccc(-c3cnc(C4CC4)o3)cc1)CC2. The van der Waals surface area contributed by atoms with Crippen LogP contribution in [-0.2, 0) is 16.4 Å². The highest BCUT2D eigenvalue weighted by molar-refractivity contribution is 7.92. The zero-order chi connectivity index (χ0) is 20.2. The van der Waals surface area contributed by atoms with E-state index in [0.29, 0.717) is 23.8 Å². The highest BCUT2D eigenvalue weighted by Crippen LogP contribution is 2.41. The third-order valence-corrected chi connectivity index (χ3v) is 7.14. The van der Waals surface area contributed by atoms with Crippen molar-refractivity contribution in [3.05, 3.63) is 70.2 Å². The lowest BCUT2D eigenvalue weighted by Crippen LogP contribution is -2.29. The van der Waals surface area contributed by atoms with Gasteiger partial charge in [-0.1, -0.05) is 6.07 Å². The van der Waals surface area contributed by atoms with Crippen molar-refractivity contribution in [1.82, 2.24) is 4.98 Å². The maximum absolute atomic E-state index is 13.1. The molecule has 148 valence electrons. The van der Waals surface area contributed by atoms with Crippen LogP contribution in [0.15, 0.2) is 58.0 Å². The molecule has 1 aliphatic carbocycles. The lowest BCUT2D eigenvalue weighted by Gasteiger charge is -2.19. The first-order chi connectivity index (χ1) is 13.9. The van der Waals surface area contributed by atoms with Crippen LogP contribution in [0.1, 0.15) is 30.2 Å². The van der Waals surface area contributed by atoms with E-state index in [1.807, 2.05) is 0 Å². The summed E-state index contributed by atoms with van der Waals surface area (Å²) in [6.45, 7) is 0.257. The maximum Gasteiger partial charge on any atom is 0.271 e. The van der Waals surface area contributed by atoms with Gasteiger partial charge in [-0.2, -0.15) is 0 Å². The number of sulfonamides is 1. The molecule has 0 unspecified atom stereocenters. The number of hydrogen-bond acceptors (Lipinski definition) is 6. The van der Waals surface area contributed by atoms with E-state index in [-0.39, 0.29) is 17.1 Å². The van der Waals surface area contributed by atoms with Crippen LogP contribution in [0.2, 0.25) is 0 Å². The van der Waals surface area contributed by atoms with Gasteiger partial charge in [0, 0.05) is 30.2 Å². The molecular weight excluding hydrogens is 394 g/mol. The first-order valence-electron chi connectivity index (χ1n) is 9.30. The molecule has 5 rings (SSSR count). The van der Waals surface area contributed by atoms with Crippen molar-refractivity contribution in [3.63, 3.8) is 0 Å². The minimum atomic E-state index is -3.83. The van der Waals surface area contributed by atoms with E-state index < -0.39 is 14.9 Å². The number of hydrogen-bond donors (Lipinski definition) is 0. The topological polar surface area (TPSA) is 107 Å². The van der Waals surface area contributed by atoms with Crippen LogP contribution < -0.4 is 4.31 Å². The summed E-state index contributed by atoms with van der Waals surface area (Å²) in [7, 11) is -3.83. The average molecular weight is 411 g/mol. The summed E-state index contributed by atoms with van der Waals surface area (Å²) >= 11 is 0. The van der Waals surface area contributed by atoms with Gasteiger partial charge in [0.05, 0.1) is 21.7 Å². The Morgan fingerprint density at radius 2 is 1.90 bits per heavy atom. The molecule has 3 aromatic rings. The van der Waals surface area contributed by atoms with Gasteiger partial charge >= 0.3 is 0 Å². The van der Waals surface area contributed by atoms with E-state index in [4.69, 9.17) is 4.42 Å².